The van der Waals surface area contributed by atoms with Crippen LogP contribution in [0.15, 0.2) is 82.8 Å². The monoisotopic (exact) mass is 945 g/mol. The van der Waals surface area contributed by atoms with Gasteiger partial charge in [-0.3, -0.25) is 14.4 Å². The molecule has 4 bridgehead atoms. The van der Waals surface area contributed by atoms with Gasteiger partial charge in [-0.2, -0.15) is 13.2 Å². The lowest BCUT2D eigenvalue weighted by Gasteiger charge is -2.47. The molecule has 0 spiro atoms. The number of hydrogen-bond acceptors (Lipinski definition) is 9. The van der Waals surface area contributed by atoms with Crippen molar-refractivity contribution >= 4 is 29.3 Å². The van der Waals surface area contributed by atoms with E-state index in [1.54, 1.807) is 30.2 Å². The Kier molecular flexibility index (Phi) is 12.6. The van der Waals surface area contributed by atoms with Crippen LogP contribution in [0.5, 0.6) is 11.5 Å². The first-order chi connectivity index (χ1) is 31.5. The van der Waals surface area contributed by atoms with Gasteiger partial charge in [-0.25, -0.2) is 0 Å². The van der Waals surface area contributed by atoms with E-state index in [4.69, 9.17) is 30.2 Å². The Morgan fingerprint density at radius 1 is 0.925 bits per heavy atom. The number of hydrogen-bond donors (Lipinski definition) is 2. The van der Waals surface area contributed by atoms with Crippen LogP contribution in [0.25, 0.3) is 11.3 Å². The minimum atomic E-state index is -4.64. The quantitative estimate of drug-likeness (QED) is 0.0905. The number of methoxy groups -OCH3 is 2. The third-order valence-electron chi connectivity index (χ3n) is 16.3. The van der Waals surface area contributed by atoms with Crippen molar-refractivity contribution in [3.8, 4) is 22.8 Å². The van der Waals surface area contributed by atoms with E-state index in [1.165, 1.54) is 19.2 Å². The maximum absolute atomic E-state index is 15.5. The highest BCUT2D eigenvalue weighted by Gasteiger charge is 2.76. The summed E-state index contributed by atoms with van der Waals surface area (Å²) in [6.45, 7) is 9.56. The summed E-state index contributed by atoms with van der Waals surface area (Å²) in [7, 11) is 3.08. The number of allylic oxidation sites excluding steroid dienone is 2. The third kappa shape index (κ3) is 8.16. The van der Waals surface area contributed by atoms with Crippen molar-refractivity contribution in [1.29, 1.82) is 0 Å². The zero-order valence-corrected chi connectivity index (χ0v) is 39.8. The first-order valence-corrected chi connectivity index (χ1v) is 23.3. The molecule has 9 rings (SSSR count). The molecule has 1 aromatic heterocycles. The lowest BCUT2D eigenvalue weighted by atomic mass is 9.64. The number of ketones is 1. The van der Waals surface area contributed by atoms with Crippen LogP contribution in [0.2, 0.25) is 5.02 Å². The molecule has 2 heterocycles. The smallest absolute Gasteiger partial charge is 0.416 e. The molecule has 3 aromatic carbocycles. The Morgan fingerprint density at radius 2 is 1.69 bits per heavy atom. The number of furan rings is 1. The Morgan fingerprint density at radius 3 is 2.36 bits per heavy atom. The van der Waals surface area contributed by atoms with Crippen LogP contribution in [0.4, 0.5) is 13.2 Å². The van der Waals surface area contributed by atoms with Crippen LogP contribution in [0.1, 0.15) is 130 Å². The Balaban J connectivity index is 1.22. The van der Waals surface area contributed by atoms with E-state index in [0.29, 0.717) is 73.1 Å². The highest BCUT2D eigenvalue weighted by atomic mass is 35.5. The van der Waals surface area contributed by atoms with Gasteiger partial charge in [0.25, 0.3) is 5.91 Å². The van der Waals surface area contributed by atoms with E-state index < -0.39 is 68.9 Å². The second kappa shape index (κ2) is 17.4. The van der Waals surface area contributed by atoms with E-state index in [9.17, 15) is 33.0 Å². The predicted octanol–water partition coefficient (Wildman–Crippen LogP) is 11.1. The number of carbonyl (C=O) groups is 3. The van der Waals surface area contributed by atoms with Gasteiger partial charge in [0.1, 0.15) is 17.3 Å². The topological polar surface area (TPSA) is 136 Å². The maximum Gasteiger partial charge on any atom is 0.416 e. The van der Waals surface area contributed by atoms with Crippen LogP contribution < -0.4 is 9.47 Å². The number of aliphatic hydroxyl groups excluding tert-OH is 1. The fraction of sp³-hybridized carbons (Fsp3) is 0.491. The molecule has 2 saturated carbocycles. The standard InChI is InChI=1S/C53H59ClF3NO9/c1-31-9-8-21-49(4)40(37-16-11-32(25-35(59)14-10-31)26-38(37)45(60)43-19-18-42(66-43)39-27-34(53(55,56)57)13-17-41(39)54)20-22-51(49,63)30-58(29-33-12-15-36(64-6)28-44(33)65-7)46(61)52-24-23-50(5,47(62)67-52)48(52,2)3/h9,11-13,15-19,26-28,35,40,59,63H,8,10,14,20-25,29-30H2,1-7H3/t35-,40-,49-,50-,51+,52+/m0/s1. The largest absolute Gasteiger partial charge is 0.497 e. The molecule has 3 fully saturated rings. The third-order valence-corrected chi connectivity index (χ3v) is 16.7. The van der Waals surface area contributed by atoms with Gasteiger partial charge >= 0.3 is 12.1 Å². The number of rotatable bonds is 10. The predicted molar refractivity (Wildman–Crippen MR) is 246 cm³/mol. The zero-order chi connectivity index (χ0) is 48.5. The van der Waals surface area contributed by atoms with Gasteiger partial charge in [-0.15, -0.1) is 0 Å². The minimum absolute atomic E-state index is 0.0116. The molecule has 14 heteroatoms. The molecule has 0 unspecified atom stereocenters. The van der Waals surface area contributed by atoms with Gasteiger partial charge < -0.3 is 33.7 Å². The molecule has 67 heavy (non-hydrogen) atoms. The number of nitrogens with zero attached hydrogens (tertiary/aromatic N) is 1. The molecule has 1 saturated heterocycles. The Labute approximate surface area is 394 Å². The molecule has 2 N–H and O–H groups in total. The maximum atomic E-state index is 15.5. The van der Waals surface area contributed by atoms with Crippen LogP contribution in [0.3, 0.4) is 0 Å². The number of aliphatic hydroxyl groups is 2. The van der Waals surface area contributed by atoms with Crippen LogP contribution in [0, 0.1) is 16.2 Å². The molecular formula is C53H59ClF3NO9. The van der Waals surface area contributed by atoms with E-state index in [-0.39, 0.29) is 53.6 Å². The first kappa shape index (κ1) is 48.4. The molecule has 0 radical (unpaired) electrons. The van der Waals surface area contributed by atoms with Gasteiger partial charge in [0.2, 0.25) is 5.78 Å². The molecule has 358 valence electrons. The average molecular weight is 946 g/mol. The molecule has 6 atom stereocenters. The molecule has 4 aliphatic carbocycles. The van der Waals surface area contributed by atoms with Crippen LogP contribution in [-0.4, -0.2) is 70.8 Å². The summed E-state index contributed by atoms with van der Waals surface area (Å²) >= 11 is 6.38. The van der Waals surface area contributed by atoms with Gasteiger partial charge in [0.15, 0.2) is 11.4 Å². The van der Waals surface area contributed by atoms with Crippen molar-refractivity contribution in [3.63, 3.8) is 0 Å². The highest BCUT2D eigenvalue weighted by Crippen LogP contribution is 2.66. The SMILES string of the molecule is COc1ccc(CN(C[C@]2(O)CC[C@H]3c4ccc(cc4C(=O)c4ccc(-c5cc(C(F)(F)F)ccc5Cl)o4)C[C@@H](O)CCC(C)=CCC[C@@]32C)C(=O)[C@@]23CC[C@@](C)(C(=O)O2)C3(C)C)c(OC)c1. The molecule has 1 aliphatic heterocycles. The molecule has 10 nitrogen and oxygen atoms in total. The first-order valence-electron chi connectivity index (χ1n) is 22.9. The average Bonchev–Trinajstić information content (AvgIpc) is 3.96. The number of benzene rings is 3. The zero-order valence-electron chi connectivity index (χ0n) is 39.1. The summed E-state index contributed by atoms with van der Waals surface area (Å²) in [5.41, 5.74) is -3.42. The summed E-state index contributed by atoms with van der Waals surface area (Å²) in [6, 6.07) is 16.5. The number of fused-ring (bicyclic) bond motifs is 10. The number of alkyl halides is 3. The van der Waals surface area contributed by atoms with Crippen molar-refractivity contribution in [1.82, 2.24) is 4.90 Å². The number of ether oxygens (including phenoxy) is 3. The van der Waals surface area contributed by atoms with Gasteiger partial charge in [0.05, 0.1) is 48.5 Å². The summed E-state index contributed by atoms with van der Waals surface area (Å²) in [5, 5.41) is 24.7. The highest BCUT2D eigenvalue weighted by molar-refractivity contribution is 6.33. The van der Waals surface area contributed by atoms with Crippen molar-refractivity contribution in [2.24, 2.45) is 16.2 Å². The van der Waals surface area contributed by atoms with Gasteiger partial charge in [-0.05, 0) is 137 Å². The number of esters is 1. The summed E-state index contributed by atoms with van der Waals surface area (Å²) in [4.78, 5) is 45.6. The fourth-order valence-electron chi connectivity index (χ4n) is 11.5. The molecule has 4 aromatic rings. The van der Waals surface area contributed by atoms with E-state index >= 15 is 4.79 Å². The lowest BCUT2D eigenvalue weighted by Crippen LogP contribution is -2.60. The van der Waals surface area contributed by atoms with Gasteiger partial charge in [-0.1, -0.05) is 56.2 Å². The molecule has 5 aliphatic rings. The van der Waals surface area contributed by atoms with Crippen molar-refractivity contribution in [3.05, 3.63) is 117 Å². The number of amides is 1. The molecular weight excluding hydrogens is 887 g/mol. The number of carbonyl (C=O) groups excluding carboxylic acids is 3. The Hall–Kier alpha value is -5.11. The minimum Gasteiger partial charge on any atom is -0.497 e. The van der Waals surface area contributed by atoms with Crippen LogP contribution >= 0.6 is 11.6 Å². The van der Waals surface area contributed by atoms with Crippen molar-refractivity contribution in [2.75, 3.05) is 20.8 Å². The Bertz CT molecular complexity index is 2640. The summed E-state index contributed by atoms with van der Waals surface area (Å²) in [5.74, 6) is -0.937. The van der Waals surface area contributed by atoms with E-state index in [2.05, 4.69) is 6.08 Å². The summed E-state index contributed by atoms with van der Waals surface area (Å²) < 4.78 is 64.7. The van der Waals surface area contributed by atoms with Crippen molar-refractivity contribution < 1.29 is 56.4 Å². The van der Waals surface area contributed by atoms with Gasteiger partial charge in [0, 0.05) is 40.1 Å². The fourth-order valence-corrected chi connectivity index (χ4v) is 11.7. The van der Waals surface area contributed by atoms with E-state index in [1.807, 2.05) is 52.8 Å². The second-order valence-electron chi connectivity index (χ2n) is 20.1. The second-order valence-corrected chi connectivity index (χ2v) is 20.6. The molecule has 1 amide bonds. The van der Waals surface area contributed by atoms with E-state index in [0.717, 1.165) is 23.8 Å². The van der Waals surface area contributed by atoms with Crippen LogP contribution in [-0.2, 0) is 33.5 Å². The normalized spacial score (nSPS) is 28.1. The summed E-state index contributed by atoms with van der Waals surface area (Å²) in [6.07, 6.45) is 0.583. The number of halogens is 4. The lowest BCUT2D eigenvalue weighted by molar-refractivity contribution is -0.178. The van der Waals surface area contributed by atoms with Crippen molar-refractivity contribution in [2.45, 2.75) is 128 Å².